The molecule has 3 rings (SSSR count). The van der Waals surface area contributed by atoms with Crippen LogP contribution >= 0.6 is 0 Å². The normalized spacial score (nSPS) is 11.2. The number of aryl methyl sites for hydroxylation is 1. The lowest BCUT2D eigenvalue weighted by atomic mass is 10.2. The summed E-state index contributed by atoms with van der Waals surface area (Å²) in [4.78, 5) is 8.72. The Kier molecular flexibility index (Phi) is 1.36. The van der Waals surface area contributed by atoms with Crippen molar-refractivity contribution in [3.63, 3.8) is 0 Å². The van der Waals surface area contributed by atoms with E-state index >= 15 is 0 Å². The number of hydrogen-bond acceptors (Lipinski definition) is 2. The Hall–Kier alpha value is -1.90. The van der Waals surface area contributed by atoms with Crippen molar-refractivity contribution < 1.29 is 0 Å². The molecule has 0 amide bonds. The highest BCUT2D eigenvalue weighted by Gasteiger charge is 2.00. The van der Waals surface area contributed by atoms with Gasteiger partial charge in [0.2, 0.25) is 0 Å². The minimum Gasteiger partial charge on any atom is -0.284 e. The maximum atomic E-state index is 4.50. The van der Waals surface area contributed by atoms with Gasteiger partial charge in [0.25, 0.3) is 0 Å². The summed E-state index contributed by atoms with van der Waals surface area (Å²) in [5, 5.41) is 1.14. The molecule has 0 atom stereocenters. The topological polar surface area (TPSA) is 30.2 Å². The van der Waals surface area contributed by atoms with Gasteiger partial charge in [-0.3, -0.25) is 4.40 Å². The molecule has 0 aliphatic heterocycles. The van der Waals surface area contributed by atoms with E-state index < -0.39 is 0 Å². The lowest BCUT2D eigenvalue weighted by Gasteiger charge is -2.01. The van der Waals surface area contributed by atoms with E-state index in [1.165, 1.54) is 0 Å². The lowest BCUT2D eigenvalue weighted by Crippen LogP contribution is -1.91. The Bertz CT molecular complexity index is 610. The standard InChI is InChI=1S/C11H9N3/c1-8-2-3-9-4-5-10-12-6-7-14(10)11(9)13-8/h2-7H,1H3. The van der Waals surface area contributed by atoms with Crippen LogP contribution in [0, 0.1) is 6.92 Å². The van der Waals surface area contributed by atoms with Gasteiger partial charge < -0.3 is 0 Å². The smallest absolute Gasteiger partial charge is 0.145 e. The van der Waals surface area contributed by atoms with Crippen LogP contribution in [0.15, 0.2) is 36.7 Å². The molecular formula is C11H9N3. The van der Waals surface area contributed by atoms with E-state index in [0.717, 1.165) is 22.4 Å². The molecule has 0 bridgehead atoms. The highest BCUT2D eigenvalue weighted by atomic mass is 15.0. The molecule has 0 fully saturated rings. The van der Waals surface area contributed by atoms with Gasteiger partial charge in [0.05, 0.1) is 0 Å². The van der Waals surface area contributed by atoms with Crippen molar-refractivity contribution in [1.82, 2.24) is 14.4 Å². The third kappa shape index (κ3) is 0.923. The molecule has 3 heterocycles. The van der Waals surface area contributed by atoms with Gasteiger partial charge in [-0.2, -0.15) is 0 Å². The molecule has 14 heavy (non-hydrogen) atoms. The van der Waals surface area contributed by atoms with E-state index in [9.17, 15) is 0 Å². The average Bonchev–Trinajstić information content (AvgIpc) is 2.65. The molecule has 0 saturated heterocycles. The minimum atomic E-state index is 0.940. The summed E-state index contributed by atoms with van der Waals surface area (Å²) in [5.41, 5.74) is 2.94. The molecule has 68 valence electrons. The van der Waals surface area contributed by atoms with Crippen molar-refractivity contribution in [2.45, 2.75) is 6.92 Å². The molecule has 0 radical (unpaired) electrons. The number of rotatable bonds is 0. The zero-order chi connectivity index (χ0) is 9.54. The predicted octanol–water partition coefficient (Wildman–Crippen LogP) is 2.19. The quantitative estimate of drug-likeness (QED) is 0.534. The van der Waals surface area contributed by atoms with Crippen LogP contribution in [-0.4, -0.2) is 14.4 Å². The summed E-state index contributed by atoms with van der Waals surface area (Å²) in [6.07, 6.45) is 3.73. The monoisotopic (exact) mass is 183 g/mol. The van der Waals surface area contributed by atoms with Crippen molar-refractivity contribution >= 4 is 16.7 Å². The zero-order valence-corrected chi connectivity index (χ0v) is 7.81. The van der Waals surface area contributed by atoms with E-state index in [-0.39, 0.29) is 0 Å². The van der Waals surface area contributed by atoms with Crippen molar-refractivity contribution in [1.29, 1.82) is 0 Å². The van der Waals surface area contributed by atoms with Gasteiger partial charge in [0.1, 0.15) is 11.3 Å². The summed E-state index contributed by atoms with van der Waals surface area (Å²) < 4.78 is 2.00. The molecule has 3 aromatic heterocycles. The van der Waals surface area contributed by atoms with Crippen LogP contribution in [0.2, 0.25) is 0 Å². The van der Waals surface area contributed by atoms with E-state index in [0.29, 0.717) is 0 Å². The van der Waals surface area contributed by atoms with Gasteiger partial charge >= 0.3 is 0 Å². The first kappa shape index (κ1) is 7.50. The fourth-order valence-corrected chi connectivity index (χ4v) is 1.66. The zero-order valence-electron chi connectivity index (χ0n) is 7.81. The predicted molar refractivity (Wildman–Crippen MR) is 55.2 cm³/mol. The number of aromatic nitrogens is 3. The fourth-order valence-electron chi connectivity index (χ4n) is 1.66. The molecule has 0 aliphatic rings. The Labute approximate surface area is 81.0 Å². The number of hydrogen-bond donors (Lipinski definition) is 0. The number of pyridine rings is 2. The second-order valence-electron chi connectivity index (χ2n) is 3.35. The largest absolute Gasteiger partial charge is 0.284 e. The number of imidazole rings is 1. The first-order valence-corrected chi connectivity index (χ1v) is 4.54. The van der Waals surface area contributed by atoms with E-state index in [4.69, 9.17) is 0 Å². The SMILES string of the molecule is Cc1ccc2ccc3nccn3c2n1. The first-order chi connectivity index (χ1) is 6.84. The lowest BCUT2D eigenvalue weighted by molar-refractivity contribution is 1.15. The number of fused-ring (bicyclic) bond motifs is 3. The second-order valence-corrected chi connectivity index (χ2v) is 3.35. The molecule has 0 aliphatic carbocycles. The minimum absolute atomic E-state index is 0.940. The Morgan fingerprint density at radius 3 is 2.93 bits per heavy atom. The van der Waals surface area contributed by atoms with Crippen LogP contribution in [0.25, 0.3) is 16.7 Å². The molecule has 0 N–H and O–H groups in total. The summed E-state index contributed by atoms with van der Waals surface area (Å²) >= 11 is 0. The first-order valence-electron chi connectivity index (χ1n) is 4.54. The van der Waals surface area contributed by atoms with Crippen LogP contribution in [0.4, 0.5) is 0 Å². The molecule has 3 aromatic rings. The van der Waals surface area contributed by atoms with Crippen molar-refractivity contribution in [2.75, 3.05) is 0 Å². The van der Waals surface area contributed by atoms with Crippen LogP contribution in [-0.2, 0) is 0 Å². The molecular weight excluding hydrogens is 174 g/mol. The third-order valence-electron chi connectivity index (χ3n) is 2.35. The van der Waals surface area contributed by atoms with Crippen LogP contribution in [0.5, 0.6) is 0 Å². The average molecular weight is 183 g/mol. The van der Waals surface area contributed by atoms with Crippen LogP contribution < -0.4 is 0 Å². The van der Waals surface area contributed by atoms with Gasteiger partial charge in [0, 0.05) is 23.5 Å². The van der Waals surface area contributed by atoms with Crippen molar-refractivity contribution in [2.24, 2.45) is 0 Å². The maximum Gasteiger partial charge on any atom is 0.145 e. The molecule has 0 saturated carbocycles. The summed E-state index contributed by atoms with van der Waals surface area (Å²) in [6, 6.07) is 8.14. The summed E-state index contributed by atoms with van der Waals surface area (Å²) in [5.74, 6) is 0. The van der Waals surface area contributed by atoms with Gasteiger partial charge in [0.15, 0.2) is 0 Å². The van der Waals surface area contributed by atoms with Gasteiger partial charge in [-0.25, -0.2) is 9.97 Å². The fraction of sp³-hybridized carbons (Fsp3) is 0.0909. The van der Waals surface area contributed by atoms with Gasteiger partial charge in [-0.1, -0.05) is 0 Å². The van der Waals surface area contributed by atoms with E-state index in [1.54, 1.807) is 6.20 Å². The highest BCUT2D eigenvalue weighted by molar-refractivity contribution is 5.78. The Morgan fingerprint density at radius 1 is 1.14 bits per heavy atom. The van der Waals surface area contributed by atoms with E-state index in [1.807, 2.05) is 35.7 Å². The highest BCUT2D eigenvalue weighted by Crippen LogP contribution is 2.14. The summed E-state index contributed by atoms with van der Waals surface area (Å²) in [6.45, 7) is 2.00. The van der Waals surface area contributed by atoms with Crippen molar-refractivity contribution in [3.05, 3.63) is 42.4 Å². The van der Waals surface area contributed by atoms with E-state index in [2.05, 4.69) is 16.0 Å². The molecule has 0 spiro atoms. The Balaban J connectivity index is 2.60. The van der Waals surface area contributed by atoms with Gasteiger partial charge in [-0.15, -0.1) is 0 Å². The second kappa shape index (κ2) is 2.54. The molecule has 3 heteroatoms. The van der Waals surface area contributed by atoms with Crippen LogP contribution in [0.1, 0.15) is 5.69 Å². The molecule has 0 unspecified atom stereocenters. The maximum absolute atomic E-state index is 4.50. The number of nitrogens with zero attached hydrogens (tertiary/aromatic N) is 3. The van der Waals surface area contributed by atoms with Crippen molar-refractivity contribution in [3.8, 4) is 0 Å². The third-order valence-corrected chi connectivity index (χ3v) is 2.35. The molecule has 0 aromatic carbocycles. The van der Waals surface area contributed by atoms with Gasteiger partial charge in [-0.05, 0) is 31.2 Å². The van der Waals surface area contributed by atoms with Crippen LogP contribution in [0.3, 0.4) is 0 Å². The molecule has 3 nitrogen and oxygen atoms in total. The Morgan fingerprint density at radius 2 is 2.00 bits per heavy atom. The summed E-state index contributed by atoms with van der Waals surface area (Å²) in [7, 11) is 0.